The molecule has 1 amide bonds. The Labute approximate surface area is 144 Å². The summed E-state index contributed by atoms with van der Waals surface area (Å²) in [4.78, 5) is 17.9. The van der Waals surface area contributed by atoms with Crippen molar-refractivity contribution in [2.75, 3.05) is 26.7 Å². The van der Waals surface area contributed by atoms with Crippen molar-refractivity contribution in [2.24, 2.45) is 10.7 Å². The van der Waals surface area contributed by atoms with Crippen LogP contribution in [-0.4, -0.2) is 43.4 Å². The van der Waals surface area contributed by atoms with Crippen LogP contribution < -0.4 is 11.1 Å². The number of hydrogen-bond acceptors (Lipinski definition) is 2. The van der Waals surface area contributed by atoms with Crippen LogP contribution in [0.5, 0.6) is 0 Å². The number of nitrogens with one attached hydrogen (secondary N) is 1. The molecule has 0 aliphatic rings. The molecule has 0 atom stereocenters. The van der Waals surface area contributed by atoms with Crippen molar-refractivity contribution in [3.8, 4) is 0 Å². The molecule has 0 saturated carbocycles. The third kappa shape index (κ3) is 6.33. The molecule has 0 radical (unpaired) electrons. The molecule has 1 aromatic carbocycles. The van der Waals surface area contributed by atoms with Gasteiger partial charge in [-0.1, -0.05) is 12.1 Å². The molecule has 0 heterocycles. The number of guanidine groups is 1. The molecule has 0 aliphatic carbocycles. The first kappa shape index (κ1) is 19.7. The Kier molecular flexibility index (Phi) is 9.77. The maximum absolute atomic E-state index is 11.5. The lowest BCUT2D eigenvalue weighted by atomic mass is 10.1. The minimum atomic E-state index is -0.0713. The number of nitrogens with zero attached hydrogens (tertiary/aromatic N) is 2. The number of carbonyl (C=O) groups excluding carboxylic acids is 1. The van der Waals surface area contributed by atoms with Crippen LogP contribution in [0.4, 0.5) is 0 Å². The fourth-order valence-corrected chi connectivity index (χ4v) is 1.96. The van der Waals surface area contributed by atoms with E-state index in [1.54, 1.807) is 13.1 Å². The second kappa shape index (κ2) is 10.4. The normalized spacial score (nSPS) is 10.7. The molecule has 118 valence electrons. The number of hydrogen-bond donors (Lipinski definition) is 2. The topological polar surface area (TPSA) is 70.7 Å². The van der Waals surface area contributed by atoms with E-state index in [-0.39, 0.29) is 29.9 Å². The zero-order chi connectivity index (χ0) is 15.0. The van der Waals surface area contributed by atoms with Crippen LogP contribution in [0.15, 0.2) is 29.3 Å². The number of benzene rings is 1. The Morgan fingerprint density at radius 2 is 2.00 bits per heavy atom. The molecule has 3 N–H and O–H groups in total. The van der Waals surface area contributed by atoms with E-state index in [1.165, 1.54) is 0 Å². The number of amides is 1. The second-order valence-corrected chi connectivity index (χ2v) is 4.44. The monoisotopic (exact) mass is 404 g/mol. The van der Waals surface area contributed by atoms with Crippen molar-refractivity contribution in [3.05, 3.63) is 35.4 Å². The Morgan fingerprint density at radius 1 is 1.33 bits per heavy atom. The lowest BCUT2D eigenvalue weighted by Crippen LogP contribution is -2.37. The van der Waals surface area contributed by atoms with Crippen molar-refractivity contribution in [1.29, 1.82) is 0 Å². The SMILES string of the molecule is CCN(CC)C(N)=NCCc1cccc(C(=O)NC)c1.I. The van der Waals surface area contributed by atoms with Crippen LogP contribution in [-0.2, 0) is 6.42 Å². The van der Waals surface area contributed by atoms with E-state index >= 15 is 0 Å². The number of carbonyl (C=O) groups is 1. The van der Waals surface area contributed by atoms with Crippen molar-refractivity contribution < 1.29 is 4.79 Å². The highest BCUT2D eigenvalue weighted by Gasteiger charge is 2.04. The van der Waals surface area contributed by atoms with Gasteiger partial charge in [0.2, 0.25) is 0 Å². The van der Waals surface area contributed by atoms with Crippen LogP contribution in [0, 0.1) is 0 Å². The van der Waals surface area contributed by atoms with Gasteiger partial charge in [0.1, 0.15) is 0 Å². The molecule has 0 saturated heterocycles. The summed E-state index contributed by atoms with van der Waals surface area (Å²) in [5, 5.41) is 2.62. The third-order valence-corrected chi connectivity index (χ3v) is 3.18. The van der Waals surface area contributed by atoms with Crippen LogP contribution in [0.1, 0.15) is 29.8 Å². The number of rotatable bonds is 6. The molecule has 0 bridgehead atoms. The maximum atomic E-state index is 11.5. The van der Waals surface area contributed by atoms with Crippen LogP contribution in [0.25, 0.3) is 0 Å². The second-order valence-electron chi connectivity index (χ2n) is 4.44. The van der Waals surface area contributed by atoms with Crippen LogP contribution in [0.2, 0.25) is 0 Å². The summed E-state index contributed by atoms with van der Waals surface area (Å²) in [6, 6.07) is 7.57. The molecule has 1 rings (SSSR count). The smallest absolute Gasteiger partial charge is 0.251 e. The maximum Gasteiger partial charge on any atom is 0.251 e. The Balaban J connectivity index is 0.00000400. The zero-order valence-corrected chi connectivity index (χ0v) is 15.3. The first-order chi connectivity index (χ1) is 9.62. The largest absolute Gasteiger partial charge is 0.370 e. The van der Waals surface area contributed by atoms with E-state index in [1.807, 2.05) is 23.1 Å². The molecule has 6 heteroatoms. The van der Waals surface area contributed by atoms with Gasteiger partial charge in [-0.05, 0) is 38.0 Å². The Bertz CT molecular complexity index is 472. The molecule has 0 aliphatic heterocycles. The molecular weight excluding hydrogens is 379 g/mol. The number of nitrogens with two attached hydrogens (primary N) is 1. The fourth-order valence-electron chi connectivity index (χ4n) is 1.96. The zero-order valence-electron chi connectivity index (χ0n) is 12.9. The van der Waals surface area contributed by atoms with Gasteiger partial charge >= 0.3 is 0 Å². The van der Waals surface area contributed by atoms with Gasteiger partial charge in [0, 0.05) is 32.2 Å². The van der Waals surface area contributed by atoms with E-state index in [4.69, 9.17) is 5.73 Å². The summed E-state index contributed by atoms with van der Waals surface area (Å²) in [7, 11) is 1.63. The minimum Gasteiger partial charge on any atom is -0.370 e. The van der Waals surface area contributed by atoms with Gasteiger partial charge in [-0.25, -0.2) is 0 Å². The van der Waals surface area contributed by atoms with Gasteiger partial charge in [-0.2, -0.15) is 0 Å². The first-order valence-corrected chi connectivity index (χ1v) is 6.98. The van der Waals surface area contributed by atoms with Crippen molar-refractivity contribution in [2.45, 2.75) is 20.3 Å². The minimum absolute atomic E-state index is 0. The molecule has 0 unspecified atom stereocenters. The van der Waals surface area contributed by atoms with Crippen LogP contribution in [0.3, 0.4) is 0 Å². The predicted molar refractivity (Wildman–Crippen MR) is 98.4 cm³/mol. The quantitative estimate of drug-likeness (QED) is 0.432. The summed E-state index contributed by atoms with van der Waals surface area (Å²) in [6.07, 6.45) is 0.771. The van der Waals surface area contributed by atoms with Crippen molar-refractivity contribution in [1.82, 2.24) is 10.2 Å². The summed E-state index contributed by atoms with van der Waals surface area (Å²) in [5.74, 6) is 0.510. The van der Waals surface area contributed by atoms with Gasteiger partial charge in [0.15, 0.2) is 5.96 Å². The van der Waals surface area contributed by atoms with Crippen molar-refractivity contribution >= 4 is 35.8 Å². The lowest BCUT2D eigenvalue weighted by molar-refractivity contribution is 0.0963. The van der Waals surface area contributed by atoms with E-state index in [0.29, 0.717) is 18.1 Å². The Morgan fingerprint density at radius 3 is 2.57 bits per heavy atom. The standard InChI is InChI=1S/C15H24N4O.HI/c1-4-19(5-2)15(16)18-10-9-12-7-6-8-13(11-12)14(20)17-3;/h6-8,11H,4-5,9-10H2,1-3H3,(H2,16,18)(H,17,20);1H. The van der Waals surface area contributed by atoms with E-state index < -0.39 is 0 Å². The fraction of sp³-hybridized carbons (Fsp3) is 0.467. The highest BCUT2D eigenvalue weighted by molar-refractivity contribution is 14.0. The average Bonchev–Trinajstić information content (AvgIpc) is 2.48. The molecule has 0 aromatic heterocycles. The molecule has 5 nitrogen and oxygen atoms in total. The highest BCUT2D eigenvalue weighted by Crippen LogP contribution is 2.06. The number of aliphatic imine (C=N–C) groups is 1. The molecule has 1 aromatic rings. The summed E-state index contributed by atoms with van der Waals surface area (Å²) >= 11 is 0. The van der Waals surface area contributed by atoms with Gasteiger partial charge < -0.3 is 16.0 Å². The summed E-state index contributed by atoms with van der Waals surface area (Å²) < 4.78 is 0. The highest BCUT2D eigenvalue weighted by atomic mass is 127. The third-order valence-electron chi connectivity index (χ3n) is 3.18. The van der Waals surface area contributed by atoms with E-state index in [0.717, 1.165) is 25.1 Å². The van der Waals surface area contributed by atoms with E-state index in [9.17, 15) is 4.79 Å². The van der Waals surface area contributed by atoms with Gasteiger partial charge in [-0.15, -0.1) is 24.0 Å². The lowest BCUT2D eigenvalue weighted by Gasteiger charge is -2.19. The van der Waals surface area contributed by atoms with E-state index in [2.05, 4.69) is 24.2 Å². The molecule has 0 fully saturated rings. The number of halogens is 1. The summed E-state index contributed by atoms with van der Waals surface area (Å²) in [6.45, 7) is 6.45. The first-order valence-electron chi connectivity index (χ1n) is 6.98. The molecule has 0 spiro atoms. The average molecular weight is 404 g/mol. The molecule has 21 heavy (non-hydrogen) atoms. The Hall–Kier alpha value is -1.31. The molecular formula is C15H25IN4O. The van der Waals surface area contributed by atoms with Gasteiger partial charge in [-0.3, -0.25) is 9.79 Å². The summed E-state index contributed by atoms with van der Waals surface area (Å²) in [5.41, 5.74) is 7.67. The van der Waals surface area contributed by atoms with Crippen LogP contribution >= 0.6 is 24.0 Å². The predicted octanol–water partition coefficient (Wildman–Crippen LogP) is 1.86. The van der Waals surface area contributed by atoms with Gasteiger partial charge in [0.05, 0.1) is 0 Å². The van der Waals surface area contributed by atoms with Gasteiger partial charge in [0.25, 0.3) is 5.91 Å². The van der Waals surface area contributed by atoms with Crippen molar-refractivity contribution in [3.63, 3.8) is 0 Å².